The number of rotatable bonds is 5. The van der Waals surface area contributed by atoms with Crippen LogP contribution in [0.2, 0.25) is 0 Å². The Kier molecular flexibility index (Phi) is 6.20. The number of hydrogen-bond acceptors (Lipinski definition) is 10. The van der Waals surface area contributed by atoms with E-state index in [1.165, 1.54) is 20.8 Å². The molecule has 1 aliphatic rings. The summed E-state index contributed by atoms with van der Waals surface area (Å²) in [4.78, 5) is 39.0. The molecule has 2 aromatic rings. The molecule has 0 spiro atoms. The summed E-state index contributed by atoms with van der Waals surface area (Å²) < 4.78 is 27.2. The summed E-state index contributed by atoms with van der Waals surface area (Å²) in [5.41, 5.74) is 0.478. The van der Waals surface area contributed by atoms with Gasteiger partial charge in [0.1, 0.15) is 5.52 Å². The van der Waals surface area contributed by atoms with Gasteiger partial charge in [0.25, 0.3) is 5.22 Å². The van der Waals surface area contributed by atoms with Crippen molar-refractivity contribution in [3.63, 3.8) is 0 Å². The molecule has 0 aliphatic carbocycles. The predicted octanol–water partition coefficient (Wildman–Crippen LogP) is 2.07. The van der Waals surface area contributed by atoms with Crippen LogP contribution in [0.1, 0.15) is 20.8 Å². The zero-order valence-electron chi connectivity index (χ0n) is 15.4. The van der Waals surface area contributed by atoms with Gasteiger partial charge in [-0.3, -0.25) is 14.4 Å². The molecular weight excluding hydrogens is 390 g/mol. The lowest BCUT2D eigenvalue weighted by Crippen LogP contribution is -2.56. The molecule has 9 nitrogen and oxygen atoms in total. The number of thioether (sulfide) groups is 1. The topological polar surface area (TPSA) is 114 Å². The Morgan fingerprint density at radius 2 is 1.64 bits per heavy atom. The number of carbonyl (C=O) groups excluding carboxylic acids is 3. The van der Waals surface area contributed by atoms with Crippen LogP contribution in [0.4, 0.5) is 0 Å². The first-order valence-corrected chi connectivity index (χ1v) is 9.37. The van der Waals surface area contributed by atoms with Crippen LogP contribution in [0.3, 0.4) is 0 Å². The molecule has 1 saturated heterocycles. The van der Waals surface area contributed by atoms with E-state index >= 15 is 0 Å². The lowest BCUT2D eigenvalue weighted by molar-refractivity contribution is -0.213. The van der Waals surface area contributed by atoms with Gasteiger partial charge >= 0.3 is 17.9 Å². The highest BCUT2D eigenvalue weighted by molar-refractivity contribution is 7.99. The molecule has 1 aliphatic heterocycles. The van der Waals surface area contributed by atoms with Gasteiger partial charge in [-0.1, -0.05) is 12.1 Å². The number of nitrogens with zero attached hydrogens (tertiary/aromatic N) is 1. The van der Waals surface area contributed by atoms with E-state index in [4.69, 9.17) is 23.4 Å². The van der Waals surface area contributed by atoms with Crippen molar-refractivity contribution in [3.8, 4) is 0 Å². The van der Waals surface area contributed by atoms with Gasteiger partial charge < -0.3 is 23.4 Å². The molecule has 0 bridgehead atoms. The summed E-state index contributed by atoms with van der Waals surface area (Å²) >= 11 is 1.08. The van der Waals surface area contributed by atoms with Crippen LogP contribution in [-0.2, 0) is 33.3 Å². The van der Waals surface area contributed by atoms with Crippen LogP contribution < -0.4 is 0 Å². The van der Waals surface area contributed by atoms with Gasteiger partial charge in [-0.25, -0.2) is 4.98 Å². The maximum Gasteiger partial charge on any atom is 0.303 e. The highest BCUT2D eigenvalue weighted by Crippen LogP contribution is 2.35. The molecule has 3 rings (SSSR count). The lowest BCUT2D eigenvalue weighted by Gasteiger charge is -2.39. The number of hydrogen-bond donors (Lipinski definition) is 0. The molecule has 0 saturated carbocycles. The van der Waals surface area contributed by atoms with Gasteiger partial charge in [0.05, 0.1) is 6.61 Å². The summed E-state index contributed by atoms with van der Waals surface area (Å²) in [6.45, 7) is 3.62. The zero-order chi connectivity index (χ0) is 20.3. The summed E-state index contributed by atoms with van der Waals surface area (Å²) in [5.74, 6) is -1.78. The van der Waals surface area contributed by atoms with Crippen LogP contribution in [0.25, 0.3) is 11.1 Å². The van der Waals surface area contributed by atoms with E-state index in [0.29, 0.717) is 16.3 Å². The Labute approximate surface area is 164 Å². The van der Waals surface area contributed by atoms with Crippen molar-refractivity contribution in [3.05, 3.63) is 24.3 Å². The number of benzene rings is 1. The third-order valence-electron chi connectivity index (χ3n) is 3.80. The first-order valence-electron chi connectivity index (χ1n) is 8.49. The molecule has 0 unspecified atom stereocenters. The van der Waals surface area contributed by atoms with Crippen LogP contribution in [0, 0.1) is 0 Å². The molecular formula is C18H19NO8S. The zero-order valence-corrected chi connectivity index (χ0v) is 16.3. The normalized spacial score (nSPS) is 24.5. The minimum Gasteiger partial charge on any atom is -0.456 e. The molecule has 4 atom stereocenters. The maximum atomic E-state index is 11.6. The second-order valence-electron chi connectivity index (χ2n) is 6.06. The summed E-state index contributed by atoms with van der Waals surface area (Å²) in [6, 6.07) is 7.22. The molecule has 1 fully saturated rings. The van der Waals surface area contributed by atoms with Gasteiger partial charge in [-0.05, 0) is 23.9 Å². The van der Waals surface area contributed by atoms with Crippen molar-refractivity contribution < 1.29 is 37.7 Å². The Morgan fingerprint density at radius 3 is 2.29 bits per heavy atom. The molecule has 0 N–H and O–H groups in total. The van der Waals surface area contributed by atoms with E-state index in [9.17, 15) is 14.4 Å². The third-order valence-corrected chi connectivity index (χ3v) is 4.81. The van der Waals surface area contributed by atoms with Gasteiger partial charge in [0.15, 0.2) is 29.3 Å². The molecule has 1 aromatic heterocycles. The number of carbonyl (C=O) groups is 3. The Bertz CT molecular complexity index is 848. The van der Waals surface area contributed by atoms with Gasteiger partial charge in [-0.2, -0.15) is 0 Å². The van der Waals surface area contributed by atoms with Gasteiger partial charge in [0, 0.05) is 20.8 Å². The Balaban J connectivity index is 1.86. The average Bonchev–Trinajstić information content (AvgIpc) is 3.01. The SMILES string of the molecule is CC(=O)O[C@@H]1[C@@H](OC(C)=O)[C@H](Sc2nc3ccccc3o2)OC[C@H]1OC(C)=O. The molecule has 10 heteroatoms. The summed E-state index contributed by atoms with van der Waals surface area (Å²) in [7, 11) is 0. The summed E-state index contributed by atoms with van der Waals surface area (Å²) in [5, 5.41) is 0.302. The van der Waals surface area contributed by atoms with Crippen molar-refractivity contribution >= 4 is 40.8 Å². The van der Waals surface area contributed by atoms with Crippen LogP contribution in [0.5, 0.6) is 0 Å². The summed E-state index contributed by atoms with van der Waals surface area (Å²) in [6.07, 6.45) is -2.97. The molecule has 28 heavy (non-hydrogen) atoms. The first-order chi connectivity index (χ1) is 13.3. The van der Waals surface area contributed by atoms with E-state index in [2.05, 4.69) is 4.98 Å². The minimum atomic E-state index is -1.03. The van der Waals surface area contributed by atoms with E-state index in [-0.39, 0.29) is 6.61 Å². The largest absolute Gasteiger partial charge is 0.456 e. The second kappa shape index (κ2) is 8.61. The molecule has 1 aromatic carbocycles. The fraction of sp³-hybridized carbons (Fsp3) is 0.444. The third kappa shape index (κ3) is 4.82. The van der Waals surface area contributed by atoms with E-state index < -0.39 is 41.7 Å². The number of oxazole rings is 1. The molecule has 0 amide bonds. The number of aromatic nitrogens is 1. The van der Waals surface area contributed by atoms with Crippen molar-refractivity contribution in [2.75, 3.05) is 6.61 Å². The van der Waals surface area contributed by atoms with Crippen molar-refractivity contribution in [1.82, 2.24) is 4.98 Å². The number of esters is 3. The maximum absolute atomic E-state index is 11.6. The standard InChI is InChI=1S/C18H19NO8S/c1-9(20)24-14-8-23-17(16(26-11(3)22)15(14)25-10(2)21)28-18-19-12-6-4-5-7-13(12)27-18/h4-7,14-17H,8H2,1-3H3/t14-,15+,16-,17+/m1/s1. The second-order valence-corrected chi connectivity index (χ2v) is 7.11. The fourth-order valence-electron chi connectivity index (χ4n) is 2.81. The highest BCUT2D eigenvalue weighted by atomic mass is 32.2. The number of para-hydroxylation sites is 2. The molecule has 150 valence electrons. The monoisotopic (exact) mass is 409 g/mol. The first kappa shape index (κ1) is 20.2. The van der Waals surface area contributed by atoms with Gasteiger partial charge in [0.2, 0.25) is 0 Å². The van der Waals surface area contributed by atoms with Gasteiger partial charge in [-0.15, -0.1) is 0 Å². The van der Waals surface area contributed by atoms with Crippen LogP contribution in [0.15, 0.2) is 33.9 Å². The number of fused-ring (bicyclic) bond motifs is 1. The Morgan fingerprint density at radius 1 is 1.00 bits per heavy atom. The van der Waals surface area contributed by atoms with Crippen molar-refractivity contribution in [2.45, 2.75) is 49.7 Å². The fourth-order valence-corrected chi connectivity index (χ4v) is 3.79. The smallest absolute Gasteiger partial charge is 0.303 e. The minimum absolute atomic E-state index is 0.0484. The van der Waals surface area contributed by atoms with Crippen LogP contribution >= 0.6 is 11.8 Å². The van der Waals surface area contributed by atoms with Crippen molar-refractivity contribution in [1.29, 1.82) is 0 Å². The molecule has 0 radical (unpaired) electrons. The molecule has 2 heterocycles. The highest BCUT2D eigenvalue weighted by Gasteiger charge is 2.47. The van der Waals surface area contributed by atoms with E-state index in [1.54, 1.807) is 12.1 Å². The average molecular weight is 409 g/mol. The quantitative estimate of drug-likeness (QED) is 0.537. The Hall–Kier alpha value is -2.59. The number of ether oxygens (including phenoxy) is 4. The van der Waals surface area contributed by atoms with E-state index in [0.717, 1.165) is 11.8 Å². The van der Waals surface area contributed by atoms with E-state index in [1.807, 2.05) is 12.1 Å². The lowest BCUT2D eigenvalue weighted by atomic mass is 10.1. The van der Waals surface area contributed by atoms with Crippen molar-refractivity contribution in [2.24, 2.45) is 0 Å². The van der Waals surface area contributed by atoms with Crippen LogP contribution in [-0.4, -0.2) is 53.2 Å². The predicted molar refractivity (Wildman–Crippen MR) is 96.3 cm³/mol.